The number of hydrogen-bond donors (Lipinski definition) is 0. The Labute approximate surface area is 119 Å². The Morgan fingerprint density at radius 2 is 1.58 bits per heavy atom. The fraction of sp³-hybridized carbons (Fsp3) is 0.500. The van der Waals surface area contributed by atoms with Crippen molar-refractivity contribution in [3.8, 4) is 11.5 Å². The van der Waals surface area contributed by atoms with E-state index in [9.17, 15) is 13.2 Å². The summed E-state index contributed by atoms with van der Waals surface area (Å²) in [5.74, 6) is 0.489. The second-order valence-electron chi connectivity index (χ2n) is 3.59. The van der Waals surface area contributed by atoms with Crippen LogP contribution in [0.3, 0.4) is 0 Å². The van der Waals surface area contributed by atoms with E-state index >= 15 is 0 Å². The number of rotatable bonds is 5. The van der Waals surface area contributed by atoms with Gasteiger partial charge in [0.05, 0.1) is 13.2 Å². The zero-order valence-corrected chi connectivity index (χ0v) is 11.9. The second kappa shape index (κ2) is 6.57. The van der Waals surface area contributed by atoms with E-state index in [1.165, 1.54) is 12.1 Å². The topological polar surface area (TPSA) is 18.5 Å². The van der Waals surface area contributed by atoms with E-state index in [2.05, 4.69) is 0 Å². The molecule has 0 saturated heterocycles. The van der Waals surface area contributed by atoms with E-state index in [1.807, 2.05) is 0 Å². The van der Waals surface area contributed by atoms with Gasteiger partial charge in [-0.25, -0.2) is 0 Å². The van der Waals surface area contributed by atoms with Gasteiger partial charge < -0.3 is 9.47 Å². The lowest BCUT2D eigenvalue weighted by Crippen LogP contribution is -2.16. The molecule has 1 atom stereocenters. The van der Waals surface area contributed by atoms with Gasteiger partial charge in [0, 0.05) is 16.7 Å². The molecule has 0 saturated carbocycles. The predicted molar refractivity (Wildman–Crippen MR) is 68.4 cm³/mol. The molecule has 0 heterocycles. The molecule has 0 aliphatic rings. The molecule has 0 aliphatic carbocycles. The van der Waals surface area contributed by atoms with Crippen LogP contribution in [0.4, 0.5) is 13.2 Å². The quantitative estimate of drug-likeness (QED) is 0.713. The third-order valence-electron chi connectivity index (χ3n) is 2.22. The van der Waals surface area contributed by atoms with Gasteiger partial charge in [-0.2, -0.15) is 13.2 Å². The van der Waals surface area contributed by atoms with Crippen LogP contribution in [0.5, 0.6) is 11.5 Å². The van der Waals surface area contributed by atoms with Crippen molar-refractivity contribution in [1.82, 2.24) is 0 Å². The first kappa shape index (κ1) is 16.2. The van der Waals surface area contributed by atoms with Gasteiger partial charge in [0.15, 0.2) is 16.9 Å². The smallest absolute Gasteiger partial charge is 0.408 e. The normalized spacial score (nSPS) is 13.2. The number of halogens is 5. The molecule has 1 aromatic carbocycles. The van der Waals surface area contributed by atoms with Gasteiger partial charge >= 0.3 is 6.18 Å². The average Bonchev–Trinajstić information content (AvgIpc) is 2.31. The van der Waals surface area contributed by atoms with Crippen molar-refractivity contribution in [2.45, 2.75) is 25.4 Å². The van der Waals surface area contributed by atoms with Crippen LogP contribution in [0.1, 0.15) is 24.8 Å². The Morgan fingerprint density at radius 1 is 1.11 bits per heavy atom. The van der Waals surface area contributed by atoms with E-state index in [-0.39, 0.29) is 16.3 Å². The lowest BCUT2D eigenvalue weighted by Gasteiger charge is -2.18. The molecule has 1 unspecified atom stereocenters. The zero-order chi connectivity index (χ0) is 14.6. The summed E-state index contributed by atoms with van der Waals surface area (Å²) in [6.07, 6.45) is -4.58. The fourth-order valence-electron chi connectivity index (χ4n) is 1.46. The van der Waals surface area contributed by atoms with Crippen molar-refractivity contribution < 1.29 is 22.6 Å². The minimum atomic E-state index is -4.58. The molecule has 0 radical (unpaired) electrons. The molecule has 0 amide bonds. The minimum absolute atomic E-state index is 0.107. The molecular weight excluding hydrogens is 304 g/mol. The number of benzene rings is 1. The van der Waals surface area contributed by atoms with E-state index in [0.29, 0.717) is 19.0 Å². The van der Waals surface area contributed by atoms with Crippen LogP contribution in [0.15, 0.2) is 12.1 Å². The molecule has 0 fully saturated rings. The zero-order valence-electron chi connectivity index (χ0n) is 10.4. The van der Waals surface area contributed by atoms with Crippen molar-refractivity contribution >= 4 is 23.2 Å². The molecule has 7 heteroatoms. The molecule has 0 N–H and O–H groups in total. The molecule has 0 spiro atoms. The molecule has 1 aromatic rings. The lowest BCUT2D eigenvalue weighted by atomic mass is 10.1. The highest BCUT2D eigenvalue weighted by Gasteiger charge is 2.41. The maximum atomic E-state index is 12.6. The monoisotopic (exact) mass is 316 g/mol. The molecule has 108 valence electrons. The van der Waals surface area contributed by atoms with Gasteiger partial charge in [-0.15, -0.1) is 11.6 Å². The van der Waals surface area contributed by atoms with Crippen molar-refractivity contribution in [3.05, 3.63) is 22.7 Å². The SMILES string of the molecule is CCOc1cc(Cl)c(C(Cl)C(F)(F)F)cc1OCC. The van der Waals surface area contributed by atoms with E-state index in [4.69, 9.17) is 32.7 Å². The maximum absolute atomic E-state index is 12.6. The van der Waals surface area contributed by atoms with Gasteiger partial charge in [-0.3, -0.25) is 0 Å². The van der Waals surface area contributed by atoms with Crippen molar-refractivity contribution in [2.24, 2.45) is 0 Å². The van der Waals surface area contributed by atoms with Crippen LogP contribution < -0.4 is 9.47 Å². The van der Waals surface area contributed by atoms with Gasteiger partial charge in [-0.05, 0) is 19.9 Å². The fourth-order valence-corrected chi connectivity index (χ4v) is 1.96. The summed E-state index contributed by atoms with van der Waals surface area (Å²) < 4.78 is 48.4. The van der Waals surface area contributed by atoms with Gasteiger partial charge in [0.1, 0.15) is 0 Å². The van der Waals surface area contributed by atoms with Crippen LogP contribution in [0, 0.1) is 0 Å². The molecule has 19 heavy (non-hydrogen) atoms. The average molecular weight is 317 g/mol. The summed E-state index contributed by atoms with van der Waals surface area (Å²) in [5, 5.41) is -2.29. The summed E-state index contributed by atoms with van der Waals surface area (Å²) in [4.78, 5) is 0. The molecule has 2 nitrogen and oxygen atoms in total. The molecule has 0 bridgehead atoms. The Bertz CT molecular complexity index is 436. The first-order valence-corrected chi connectivity index (χ1v) is 6.42. The van der Waals surface area contributed by atoms with Crippen LogP contribution in [-0.4, -0.2) is 19.4 Å². The van der Waals surface area contributed by atoms with Crippen LogP contribution in [-0.2, 0) is 0 Å². The Morgan fingerprint density at radius 3 is 2.00 bits per heavy atom. The van der Waals surface area contributed by atoms with E-state index in [1.54, 1.807) is 13.8 Å². The standard InChI is InChI=1S/C12H13Cl2F3O2/c1-3-18-9-5-7(11(14)12(15,16)17)8(13)6-10(9)19-4-2/h5-6,11H,3-4H2,1-2H3. The minimum Gasteiger partial charge on any atom is -0.490 e. The number of ether oxygens (including phenoxy) is 2. The van der Waals surface area contributed by atoms with Gasteiger partial charge in [0.2, 0.25) is 0 Å². The highest BCUT2D eigenvalue weighted by molar-refractivity contribution is 6.33. The predicted octanol–water partition coefficient (Wildman–Crippen LogP) is 4.98. The number of alkyl halides is 4. The Hall–Kier alpha value is -0.810. The first-order valence-electron chi connectivity index (χ1n) is 5.61. The molecule has 0 aromatic heterocycles. The first-order chi connectivity index (χ1) is 8.81. The Kier molecular flexibility index (Phi) is 5.62. The third kappa shape index (κ3) is 4.08. The summed E-state index contributed by atoms with van der Waals surface area (Å²) in [6.45, 7) is 4.10. The maximum Gasteiger partial charge on any atom is 0.408 e. The lowest BCUT2D eigenvalue weighted by molar-refractivity contribution is -0.131. The largest absolute Gasteiger partial charge is 0.490 e. The van der Waals surface area contributed by atoms with Crippen molar-refractivity contribution in [1.29, 1.82) is 0 Å². The summed E-state index contributed by atoms with van der Waals surface area (Å²) in [7, 11) is 0. The summed E-state index contributed by atoms with van der Waals surface area (Å²) in [6, 6.07) is 2.45. The molecular formula is C12H13Cl2F3O2. The van der Waals surface area contributed by atoms with E-state index in [0.717, 1.165) is 0 Å². The van der Waals surface area contributed by atoms with Gasteiger partial charge in [-0.1, -0.05) is 11.6 Å². The van der Waals surface area contributed by atoms with E-state index < -0.39 is 11.6 Å². The molecule has 1 rings (SSSR count). The third-order valence-corrected chi connectivity index (χ3v) is 3.03. The van der Waals surface area contributed by atoms with Crippen molar-refractivity contribution in [2.75, 3.05) is 13.2 Å². The van der Waals surface area contributed by atoms with Crippen LogP contribution in [0.2, 0.25) is 5.02 Å². The second-order valence-corrected chi connectivity index (χ2v) is 4.43. The van der Waals surface area contributed by atoms with Gasteiger partial charge in [0.25, 0.3) is 0 Å². The van der Waals surface area contributed by atoms with Crippen LogP contribution in [0.25, 0.3) is 0 Å². The summed E-state index contributed by atoms with van der Waals surface area (Å²) >= 11 is 11.2. The highest BCUT2D eigenvalue weighted by Crippen LogP contribution is 2.44. The summed E-state index contributed by atoms with van der Waals surface area (Å²) in [5.41, 5.74) is -0.247. The number of hydrogen-bond acceptors (Lipinski definition) is 2. The van der Waals surface area contributed by atoms with Crippen molar-refractivity contribution in [3.63, 3.8) is 0 Å². The molecule has 0 aliphatic heterocycles. The highest BCUT2D eigenvalue weighted by atomic mass is 35.5. The van der Waals surface area contributed by atoms with Crippen LogP contribution >= 0.6 is 23.2 Å². The Balaban J connectivity index is 3.23.